The maximum atomic E-state index is 12.7. The van der Waals surface area contributed by atoms with Crippen molar-refractivity contribution in [2.45, 2.75) is 4.90 Å². The number of rotatable bonds is 7. The van der Waals surface area contributed by atoms with Crippen LogP contribution in [0.1, 0.15) is 15.9 Å². The molecular formula is C19H25Cl2N3O3S. The second-order valence-electron chi connectivity index (χ2n) is 6.18. The van der Waals surface area contributed by atoms with Gasteiger partial charge in [0.15, 0.2) is 5.78 Å². The molecule has 2 aromatic carbocycles. The predicted molar refractivity (Wildman–Crippen MR) is 115 cm³/mol. The number of piperazine rings is 1. The van der Waals surface area contributed by atoms with Crippen molar-refractivity contribution >= 4 is 40.6 Å². The van der Waals surface area contributed by atoms with E-state index in [9.17, 15) is 13.2 Å². The Hall–Kier alpha value is -1.48. The Morgan fingerprint density at radius 1 is 0.964 bits per heavy atom. The van der Waals surface area contributed by atoms with Crippen LogP contribution in [-0.4, -0.2) is 58.4 Å². The molecule has 3 rings (SSSR count). The second-order valence-corrected chi connectivity index (χ2v) is 7.92. The van der Waals surface area contributed by atoms with E-state index in [2.05, 4.69) is 14.9 Å². The minimum absolute atomic E-state index is 0. The van der Waals surface area contributed by atoms with Crippen molar-refractivity contribution in [3.8, 4) is 0 Å². The van der Waals surface area contributed by atoms with Crippen molar-refractivity contribution < 1.29 is 13.2 Å². The molecule has 0 atom stereocenters. The highest BCUT2D eigenvalue weighted by Gasteiger charge is 2.22. The van der Waals surface area contributed by atoms with Crippen molar-refractivity contribution in [2.75, 3.05) is 39.3 Å². The fourth-order valence-corrected chi connectivity index (χ4v) is 4.21. The minimum Gasteiger partial charge on any atom is -0.314 e. The van der Waals surface area contributed by atoms with Crippen molar-refractivity contribution in [1.29, 1.82) is 0 Å². The third-order valence-corrected chi connectivity index (χ3v) is 5.91. The Labute approximate surface area is 178 Å². The largest absolute Gasteiger partial charge is 0.314 e. The molecule has 0 bridgehead atoms. The first-order valence-electron chi connectivity index (χ1n) is 8.69. The SMILES string of the molecule is Cl.Cl.O=C(c1ccccc1)c1ccccc1S(=O)(=O)NCCN1CCNCC1. The van der Waals surface area contributed by atoms with Crippen LogP contribution in [0.15, 0.2) is 59.5 Å². The van der Waals surface area contributed by atoms with Crippen LogP contribution >= 0.6 is 24.8 Å². The van der Waals surface area contributed by atoms with Crippen molar-refractivity contribution in [2.24, 2.45) is 0 Å². The minimum atomic E-state index is -3.76. The molecule has 0 unspecified atom stereocenters. The quantitative estimate of drug-likeness (QED) is 0.636. The number of nitrogens with zero attached hydrogens (tertiary/aromatic N) is 1. The van der Waals surface area contributed by atoms with E-state index >= 15 is 0 Å². The lowest BCUT2D eigenvalue weighted by Gasteiger charge is -2.27. The molecule has 1 fully saturated rings. The first-order valence-corrected chi connectivity index (χ1v) is 10.2. The number of nitrogens with one attached hydrogen (secondary N) is 2. The van der Waals surface area contributed by atoms with Gasteiger partial charge in [-0.3, -0.25) is 9.69 Å². The van der Waals surface area contributed by atoms with Gasteiger partial charge >= 0.3 is 0 Å². The van der Waals surface area contributed by atoms with Crippen molar-refractivity contribution in [3.63, 3.8) is 0 Å². The van der Waals surface area contributed by atoms with Gasteiger partial charge in [0.25, 0.3) is 0 Å². The van der Waals surface area contributed by atoms with Crippen LogP contribution in [0.4, 0.5) is 0 Å². The number of benzene rings is 2. The molecule has 1 heterocycles. The number of hydrogen-bond donors (Lipinski definition) is 2. The van der Waals surface area contributed by atoms with E-state index < -0.39 is 10.0 Å². The van der Waals surface area contributed by atoms with Gasteiger partial charge in [0.05, 0.1) is 4.90 Å². The summed E-state index contributed by atoms with van der Waals surface area (Å²) in [5, 5.41) is 3.26. The molecule has 154 valence electrons. The predicted octanol–water partition coefficient (Wildman–Crippen LogP) is 1.94. The molecule has 28 heavy (non-hydrogen) atoms. The molecule has 1 aliphatic heterocycles. The number of ketones is 1. The first-order chi connectivity index (χ1) is 12.6. The summed E-state index contributed by atoms with van der Waals surface area (Å²) in [6, 6.07) is 15.0. The van der Waals surface area contributed by atoms with Crippen LogP contribution in [0.3, 0.4) is 0 Å². The van der Waals surface area contributed by atoms with Crippen LogP contribution in [0.2, 0.25) is 0 Å². The van der Waals surface area contributed by atoms with E-state index in [4.69, 9.17) is 0 Å². The highest BCUT2D eigenvalue weighted by molar-refractivity contribution is 7.89. The molecule has 0 radical (unpaired) electrons. The topological polar surface area (TPSA) is 78.5 Å². The molecule has 2 N–H and O–H groups in total. The number of carbonyl (C=O) groups is 1. The monoisotopic (exact) mass is 445 g/mol. The third kappa shape index (κ3) is 6.27. The Morgan fingerprint density at radius 3 is 2.25 bits per heavy atom. The fraction of sp³-hybridized carbons (Fsp3) is 0.316. The lowest BCUT2D eigenvalue weighted by atomic mass is 10.0. The third-order valence-electron chi connectivity index (χ3n) is 4.39. The molecular weight excluding hydrogens is 421 g/mol. The van der Waals surface area contributed by atoms with E-state index in [-0.39, 0.29) is 41.1 Å². The van der Waals surface area contributed by atoms with Gasteiger partial charge in [-0.15, -0.1) is 24.8 Å². The van der Waals surface area contributed by atoms with Gasteiger partial charge in [-0.25, -0.2) is 13.1 Å². The zero-order valence-electron chi connectivity index (χ0n) is 15.3. The zero-order valence-corrected chi connectivity index (χ0v) is 17.8. The smallest absolute Gasteiger partial charge is 0.241 e. The van der Waals surface area contributed by atoms with Crippen LogP contribution in [0.5, 0.6) is 0 Å². The summed E-state index contributed by atoms with van der Waals surface area (Å²) in [6.45, 7) is 4.61. The number of halogens is 2. The van der Waals surface area contributed by atoms with Gasteiger partial charge in [-0.2, -0.15) is 0 Å². The lowest BCUT2D eigenvalue weighted by molar-refractivity contribution is 0.103. The number of carbonyl (C=O) groups excluding carboxylic acids is 1. The summed E-state index contributed by atoms with van der Waals surface area (Å²) in [7, 11) is -3.76. The molecule has 1 aliphatic rings. The maximum absolute atomic E-state index is 12.7. The molecule has 0 saturated carbocycles. The Morgan fingerprint density at radius 2 is 1.57 bits per heavy atom. The highest BCUT2D eigenvalue weighted by Crippen LogP contribution is 2.19. The van der Waals surface area contributed by atoms with Crippen molar-refractivity contribution in [3.05, 3.63) is 65.7 Å². The van der Waals surface area contributed by atoms with Gasteiger partial charge in [0.2, 0.25) is 10.0 Å². The van der Waals surface area contributed by atoms with E-state index in [1.54, 1.807) is 42.5 Å². The molecule has 0 amide bonds. The molecule has 2 aromatic rings. The van der Waals surface area contributed by atoms with E-state index in [0.29, 0.717) is 18.7 Å². The number of sulfonamides is 1. The summed E-state index contributed by atoms with van der Waals surface area (Å²) in [5.74, 6) is -0.298. The molecule has 6 nitrogen and oxygen atoms in total. The number of hydrogen-bond acceptors (Lipinski definition) is 5. The summed E-state index contributed by atoms with van der Waals surface area (Å²) < 4.78 is 28.1. The normalized spacial score (nSPS) is 14.6. The Balaban J connectivity index is 0.00000196. The average molecular weight is 446 g/mol. The van der Waals surface area contributed by atoms with E-state index in [1.807, 2.05) is 6.07 Å². The van der Waals surface area contributed by atoms with Gasteiger partial charge < -0.3 is 5.32 Å². The first kappa shape index (κ1) is 24.6. The summed E-state index contributed by atoms with van der Waals surface area (Å²) in [5.41, 5.74) is 0.657. The van der Waals surface area contributed by atoms with Gasteiger partial charge in [0, 0.05) is 50.4 Å². The van der Waals surface area contributed by atoms with E-state index in [0.717, 1.165) is 26.2 Å². The molecule has 1 saturated heterocycles. The van der Waals surface area contributed by atoms with Crippen LogP contribution in [0, 0.1) is 0 Å². The van der Waals surface area contributed by atoms with Crippen molar-refractivity contribution in [1.82, 2.24) is 14.9 Å². The maximum Gasteiger partial charge on any atom is 0.241 e. The Bertz CT molecular complexity index is 858. The zero-order chi connectivity index (χ0) is 18.4. The van der Waals surface area contributed by atoms with Crippen LogP contribution in [-0.2, 0) is 10.0 Å². The molecule has 0 aromatic heterocycles. The van der Waals surface area contributed by atoms with Gasteiger partial charge in [-0.05, 0) is 12.1 Å². The second kappa shape index (κ2) is 11.5. The van der Waals surface area contributed by atoms with Gasteiger partial charge in [0.1, 0.15) is 0 Å². The summed E-state index contributed by atoms with van der Waals surface area (Å²) in [6.07, 6.45) is 0. The standard InChI is InChI=1S/C19H23N3O3S.2ClH/c23-19(16-6-2-1-3-7-16)17-8-4-5-9-18(17)26(24,25)21-12-15-22-13-10-20-11-14-22;;/h1-9,20-21H,10-15H2;2*1H. The average Bonchev–Trinajstić information content (AvgIpc) is 2.69. The molecule has 0 aliphatic carbocycles. The molecule has 0 spiro atoms. The molecule has 9 heteroatoms. The lowest BCUT2D eigenvalue weighted by Crippen LogP contribution is -2.46. The van der Waals surface area contributed by atoms with Crippen LogP contribution in [0.25, 0.3) is 0 Å². The van der Waals surface area contributed by atoms with Gasteiger partial charge in [-0.1, -0.05) is 42.5 Å². The Kier molecular flexibility index (Phi) is 10.1. The summed E-state index contributed by atoms with van der Waals surface area (Å²) in [4.78, 5) is 15.0. The highest BCUT2D eigenvalue weighted by atomic mass is 35.5. The van der Waals surface area contributed by atoms with Crippen LogP contribution < -0.4 is 10.0 Å². The summed E-state index contributed by atoms with van der Waals surface area (Å²) >= 11 is 0. The van der Waals surface area contributed by atoms with E-state index in [1.165, 1.54) is 6.07 Å². The fourth-order valence-electron chi connectivity index (χ4n) is 2.98.